The second-order valence-electron chi connectivity index (χ2n) is 16.6. The van der Waals surface area contributed by atoms with Gasteiger partial charge in [0.1, 0.15) is 22.4 Å². The Bertz CT molecular complexity index is 1060. The third-order valence-electron chi connectivity index (χ3n) is 6.73. The van der Waals surface area contributed by atoms with Gasteiger partial charge < -0.3 is 29.6 Å². The molecular formula is C35H66N6O9. The van der Waals surface area contributed by atoms with Gasteiger partial charge in [0, 0.05) is 65.4 Å². The summed E-state index contributed by atoms with van der Waals surface area (Å²) in [5.41, 5.74) is -2.56. The summed E-state index contributed by atoms with van der Waals surface area (Å²) in [6.07, 6.45) is -0.561. The highest BCUT2D eigenvalue weighted by Gasteiger charge is 2.26. The SMILES string of the molecule is CC(C)(C)OC(=O)CN1CCN(CC(=O)NCCNC(=O)OC(C)(C)C)CCN(CC(=O)OC(C)(C)C)CCN(CC(=O)OC(C)(C)C)CC1. The van der Waals surface area contributed by atoms with Crippen molar-refractivity contribution in [1.82, 2.24) is 30.2 Å². The lowest BCUT2D eigenvalue weighted by Gasteiger charge is -2.34. The fourth-order valence-electron chi connectivity index (χ4n) is 4.82. The van der Waals surface area contributed by atoms with Gasteiger partial charge in [-0.3, -0.25) is 38.8 Å². The predicted molar refractivity (Wildman–Crippen MR) is 191 cm³/mol. The maximum absolute atomic E-state index is 13.0. The molecule has 2 amide bonds. The second kappa shape index (κ2) is 20.1. The molecule has 50 heavy (non-hydrogen) atoms. The number of hydrogen-bond acceptors (Lipinski definition) is 13. The quantitative estimate of drug-likeness (QED) is 0.182. The van der Waals surface area contributed by atoms with Crippen molar-refractivity contribution >= 4 is 29.9 Å². The monoisotopic (exact) mass is 714 g/mol. The zero-order chi connectivity index (χ0) is 38.3. The Morgan fingerprint density at radius 1 is 0.420 bits per heavy atom. The van der Waals surface area contributed by atoms with Crippen LogP contribution >= 0.6 is 0 Å². The van der Waals surface area contributed by atoms with Crippen LogP contribution in [0.3, 0.4) is 0 Å². The van der Waals surface area contributed by atoms with E-state index in [0.29, 0.717) is 52.4 Å². The largest absolute Gasteiger partial charge is 0.459 e. The van der Waals surface area contributed by atoms with Crippen LogP contribution < -0.4 is 10.6 Å². The molecular weight excluding hydrogens is 648 g/mol. The molecule has 0 aliphatic carbocycles. The first-order chi connectivity index (χ1) is 22.8. The minimum Gasteiger partial charge on any atom is -0.459 e. The van der Waals surface area contributed by atoms with Crippen molar-refractivity contribution in [2.45, 2.75) is 105 Å². The van der Waals surface area contributed by atoms with Crippen LogP contribution in [0.25, 0.3) is 0 Å². The Kier molecular flexibility index (Phi) is 18.1. The lowest BCUT2D eigenvalue weighted by atomic mass is 10.2. The Balaban J connectivity index is 3.14. The molecule has 0 saturated carbocycles. The number of hydrogen-bond donors (Lipinski definition) is 2. The van der Waals surface area contributed by atoms with Crippen molar-refractivity contribution < 1.29 is 42.9 Å². The molecule has 1 aliphatic rings. The predicted octanol–water partition coefficient (Wildman–Crippen LogP) is 1.87. The molecule has 0 atom stereocenters. The van der Waals surface area contributed by atoms with Crippen molar-refractivity contribution in [2.24, 2.45) is 0 Å². The third kappa shape index (κ3) is 24.2. The van der Waals surface area contributed by atoms with Crippen LogP contribution in [-0.4, -0.2) is 164 Å². The van der Waals surface area contributed by atoms with Gasteiger partial charge in [-0.2, -0.15) is 0 Å². The molecule has 15 heteroatoms. The molecule has 1 rings (SSSR count). The number of esters is 3. The standard InChI is InChI=1S/C35H66N6O9/c1-32(2,3)47-28(43)24-39-17-15-38(23-27(42)36-13-14-37-31(46)50-35(10,11)12)16-18-40(25-29(44)48-33(4,5)6)20-22-41(21-19-39)26-30(45)49-34(7,8)9/h13-26H2,1-12H3,(H,36,42)(H,37,46). The van der Waals surface area contributed by atoms with Crippen molar-refractivity contribution in [3.05, 3.63) is 0 Å². The molecule has 1 heterocycles. The minimum absolute atomic E-state index is 0.0404. The van der Waals surface area contributed by atoms with Crippen LogP contribution in [0, 0.1) is 0 Å². The molecule has 0 bridgehead atoms. The molecule has 0 spiro atoms. The first kappa shape index (κ1) is 45.0. The lowest BCUT2D eigenvalue weighted by molar-refractivity contribution is -0.158. The summed E-state index contributed by atoms with van der Waals surface area (Å²) in [6.45, 7) is 25.9. The van der Waals surface area contributed by atoms with E-state index in [1.807, 2.05) is 81.9 Å². The van der Waals surface area contributed by atoms with Gasteiger partial charge in [0.15, 0.2) is 0 Å². The van der Waals surface area contributed by atoms with Crippen LogP contribution in [0.4, 0.5) is 4.79 Å². The average molecular weight is 715 g/mol. The molecule has 1 aliphatic heterocycles. The van der Waals surface area contributed by atoms with Gasteiger partial charge >= 0.3 is 24.0 Å². The van der Waals surface area contributed by atoms with E-state index in [-0.39, 0.29) is 63.1 Å². The van der Waals surface area contributed by atoms with E-state index in [2.05, 4.69) is 10.6 Å². The second-order valence-corrected chi connectivity index (χ2v) is 16.6. The van der Waals surface area contributed by atoms with E-state index in [1.165, 1.54) is 0 Å². The van der Waals surface area contributed by atoms with Crippen LogP contribution in [-0.2, 0) is 38.1 Å². The summed E-state index contributed by atoms with van der Waals surface area (Å²) in [7, 11) is 0. The Morgan fingerprint density at radius 3 is 0.960 bits per heavy atom. The normalized spacial score (nSPS) is 17.1. The fourth-order valence-corrected chi connectivity index (χ4v) is 4.82. The molecule has 0 aromatic carbocycles. The first-order valence-corrected chi connectivity index (χ1v) is 17.6. The van der Waals surface area contributed by atoms with Gasteiger partial charge in [-0.05, 0) is 83.1 Å². The zero-order valence-corrected chi connectivity index (χ0v) is 32.9. The molecule has 2 N–H and O–H groups in total. The van der Waals surface area contributed by atoms with Crippen LogP contribution in [0.2, 0.25) is 0 Å². The third-order valence-corrected chi connectivity index (χ3v) is 6.73. The minimum atomic E-state index is -0.646. The molecule has 0 aromatic rings. The van der Waals surface area contributed by atoms with Crippen LogP contribution in [0.15, 0.2) is 0 Å². The number of alkyl carbamates (subject to hydrolysis) is 1. The Hall–Kier alpha value is -3.01. The summed E-state index contributed by atoms with van der Waals surface area (Å²) in [4.78, 5) is 71.4. The molecule has 0 aromatic heterocycles. The molecule has 290 valence electrons. The van der Waals surface area contributed by atoms with E-state index in [0.717, 1.165) is 0 Å². The van der Waals surface area contributed by atoms with Crippen molar-refractivity contribution in [1.29, 1.82) is 0 Å². The topological polar surface area (TPSA) is 159 Å². The van der Waals surface area contributed by atoms with Gasteiger partial charge in [0.05, 0.1) is 26.2 Å². The van der Waals surface area contributed by atoms with Gasteiger partial charge in [-0.15, -0.1) is 0 Å². The number of amides is 2. The Labute approximate surface area is 300 Å². The smallest absolute Gasteiger partial charge is 0.407 e. The number of nitrogens with one attached hydrogen (secondary N) is 2. The molecule has 0 unspecified atom stereocenters. The highest BCUT2D eigenvalue weighted by Crippen LogP contribution is 2.11. The summed E-state index contributed by atoms with van der Waals surface area (Å²) >= 11 is 0. The highest BCUT2D eigenvalue weighted by molar-refractivity contribution is 5.78. The zero-order valence-electron chi connectivity index (χ0n) is 32.9. The maximum atomic E-state index is 13.0. The van der Waals surface area contributed by atoms with E-state index >= 15 is 0 Å². The molecule has 1 fully saturated rings. The van der Waals surface area contributed by atoms with Crippen LogP contribution in [0.1, 0.15) is 83.1 Å². The molecule has 0 radical (unpaired) electrons. The number of nitrogens with zero attached hydrogens (tertiary/aromatic N) is 4. The number of carbonyl (C=O) groups excluding carboxylic acids is 5. The van der Waals surface area contributed by atoms with E-state index < -0.39 is 28.5 Å². The van der Waals surface area contributed by atoms with Gasteiger partial charge in [-0.25, -0.2) is 4.79 Å². The summed E-state index contributed by atoms with van der Waals surface area (Å²) in [6, 6.07) is 0. The van der Waals surface area contributed by atoms with E-state index in [1.54, 1.807) is 20.8 Å². The number of carbonyl (C=O) groups is 5. The van der Waals surface area contributed by atoms with Crippen molar-refractivity contribution in [3.8, 4) is 0 Å². The lowest BCUT2D eigenvalue weighted by Crippen LogP contribution is -2.50. The van der Waals surface area contributed by atoms with Crippen molar-refractivity contribution in [2.75, 3.05) is 91.6 Å². The first-order valence-electron chi connectivity index (χ1n) is 17.6. The van der Waals surface area contributed by atoms with E-state index in [9.17, 15) is 24.0 Å². The number of rotatable bonds is 11. The van der Waals surface area contributed by atoms with Gasteiger partial charge in [0.2, 0.25) is 5.91 Å². The highest BCUT2D eigenvalue weighted by atomic mass is 16.6. The molecule has 15 nitrogen and oxygen atoms in total. The molecule has 1 saturated heterocycles. The fraction of sp³-hybridized carbons (Fsp3) is 0.857. The van der Waals surface area contributed by atoms with Crippen LogP contribution in [0.5, 0.6) is 0 Å². The maximum Gasteiger partial charge on any atom is 0.407 e. The van der Waals surface area contributed by atoms with E-state index in [4.69, 9.17) is 18.9 Å². The summed E-state index contributed by atoms with van der Waals surface area (Å²) in [5, 5.41) is 5.46. The summed E-state index contributed by atoms with van der Waals surface area (Å²) in [5.74, 6) is -1.33. The van der Waals surface area contributed by atoms with Crippen molar-refractivity contribution in [3.63, 3.8) is 0 Å². The average Bonchev–Trinajstić information content (AvgIpc) is 2.88. The number of ether oxygens (including phenoxy) is 4. The Morgan fingerprint density at radius 2 is 0.680 bits per heavy atom. The summed E-state index contributed by atoms with van der Waals surface area (Å²) < 4.78 is 22.0. The van der Waals surface area contributed by atoms with Gasteiger partial charge in [-0.1, -0.05) is 0 Å². The van der Waals surface area contributed by atoms with Gasteiger partial charge in [0.25, 0.3) is 0 Å².